The number of halogens is 2. The van der Waals surface area contributed by atoms with Crippen molar-refractivity contribution in [1.82, 2.24) is 10.2 Å². The minimum atomic E-state index is -0.680. The largest absolute Gasteiger partial charge is 0.484 e. The summed E-state index contributed by atoms with van der Waals surface area (Å²) in [7, 11) is 0. The molecule has 0 aliphatic heterocycles. The second-order valence-corrected chi connectivity index (χ2v) is 8.03. The van der Waals surface area contributed by atoms with E-state index >= 15 is 0 Å². The van der Waals surface area contributed by atoms with Gasteiger partial charge >= 0.3 is 0 Å². The fourth-order valence-electron chi connectivity index (χ4n) is 2.76. The highest BCUT2D eigenvalue weighted by atomic mass is 35.5. The van der Waals surface area contributed by atoms with Gasteiger partial charge in [-0.3, -0.25) is 9.59 Å². The molecule has 5 nitrogen and oxygen atoms in total. The molecular weight excluding hydrogens is 411 g/mol. The number of amides is 2. The van der Waals surface area contributed by atoms with E-state index in [0.29, 0.717) is 15.8 Å². The highest BCUT2D eigenvalue weighted by Gasteiger charge is 2.27. The summed E-state index contributed by atoms with van der Waals surface area (Å²) >= 11 is 12.1. The number of nitrogens with zero attached hydrogens (tertiary/aromatic N) is 1. The Bertz CT molecular complexity index is 871. The summed E-state index contributed by atoms with van der Waals surface area (Å²) in [6.45, 7) is 7.42. The average Bonchev–Trinajstić information content (AvgIpc) is 2.66. The zero-order valence-corrected chi connectivity index (χ0v) is 18.6. The Morgan fingerprint density at radius 2 is 1.79 bits per heavy atom. The molecule has 0 fully saturated rings. The molecule has 0 radical (unpaired) electrons. The first kappa shape index (κ1) is 23.0. The molecule has 0 aromatic heterocycles. The Hall–Kier alpha value is -2.24. The van der Waals surface area contributed by atoms with E-state index in [1.165, 1.54) is 4.90 Å². The number of nitrogens with one attached hydrogen (secondary N) is 1. The standard InChI is InChI=1S/C22H26Cl2N2O3/c1-14(2)25-22(28)16(4)26(12-17-8-9-19(23)20(24)11-17)21(27)13-29-18-7-5-6-15(3)10-18/h5-11,14,16H,12-13H2,1-4H3,(H,25,28). The first-order valence-corrected chi connectivity index (χ1v) is 10.2. The Balaban J connectivity index is 2.18. The fourth-order valence-corrected chi connectivity index (χ4v) is 3.08. The molecule has 29 heavy (non-hydrogen) atoms. The van der Waals surface area contributed by atoms with Crippen molar-refractivity contribution in [3.8, 4) is 5.75 Å². The molecule has 7 heteroatoms. The molecule has 0 bridgehead atoms. The van der Waals surface area contributed by atoms with Gasteiger partial charge in [0.05, 0.1) is 10.0 Å². The van der Waals surface area contributed by atoms with Crippen LogP contribution in [-0.2, 0) is 16.1 Å². The van der Waals surface area contributed by atoms with Gasteiger partial charge in [-0.15, -0.1) is 0 Å². The molecular formula is C22H26Cl2N2O3. The minimum absolute atomic E-state index is 0.0320. The number of hydrogen-bond acceptors (Lipinski definition) is 3. The number of aryl methyl sites for hydroxylation is 1. The molecule has 2 aromatic carbocycles. The highest BCUT2D eigenvalue weighted by molar-refractivity contribution is 6.42. The lowest BCUT2D eigenvalue weighted by Gasteiger charge is -2.29. The van der Waals surface area contributed by atoms with Crippen molar-refractivity contribution in [3.05, 3.63) is 63.6 Å². The van der Waals surface area contributed by atoms with Gasteiger partial charge in [0.25, 0.3) is 5.91 Å². The van der Waals surface area contributed by atoms with Gasteiger partial charge in [0.1, 0.15) is 11.8 Å². The van der Waals surface area contributed by atoms with E-state index < -0.39 is 6.04 Å². The van der Waals surface area contributed by atoms with E-state index in [4.69, 9.17) is 27.9 Å². The van der Waals surface area contributed by atoms with E-state index in [2.05, 4.69) is 5.32 Å². The average molecular weight is 437 g/mol. The van der Waals surface area contributed by atoms with Gasteiger partial charge in [-0.1, -0.05) is 41.4 Å². The van der Waals surface area contributed by atoms with Crippen LogP contribution in [-0.4, -0.2) is 35.4 Å². The van der Waals surface area contributed by atoms with Gasteiger partial charge in [-0.25, -0.2) is 0 Å². The Kier molecular flexibility index (Phi) is 8.35. The summed E-state index contributed by atoms with van der Waals surface area (Å²) in [5.41, 5.74) is 1.81. The van der Waals surface area contributed by atoms with Crippen molar-refractivity contribution >= 4 is 35.0 Å². The van der Waals surface area contributed by atoms with Crippen LogP contribution in [0.3, 0.4) is 0 Å². The number of benzene rings is 2. The van der Waals surface area contributed by atoms with Crippen LogP contribution < -0.4 is 10.1 Å². The molecule has 2 rings (SSSR count). The predicted octanol–water partition coefficient (Wildman–Crippen LogP) is 4.62. The normalized spacial score (nSPS) is 11.8. The molecule has 0 aliphatic rings. The third-order valence-corrected chi connectivity index (χ3v) is 5.03. The first-order chi connectivity index (χ1) is 13.7. The third kappa shape index (κ3) is 6.94. The Morgan fingerprint density at radius 3 is 2.41 bits per heavy atom. The van der Waals surface area contributed by atoms with Crippen LogP contribution in [0.15, 0.2) is 42.5 Å². The lowest BCUT2D eigenvalue weighted by atomic mass is 10.1. The second-order valence-electron chi connectivity index (χ2n) is 7.21. The highest BCUT2D eigenvalue weighted by Crippen LogP contribution is 2.24. The molecule has 0 aliphatic carbocycles. The molecule has 2 amide bonds. The molecule has 0 saturated heterocycles. The van der Waals surface area contributed by atoms with Crippen molar-refractivity contribution in [2.45, 2.75) is 46.3 Å². The van der Waals surface area contributed by atoms with Gasteiger partial charge in [-0.2, -0.15) is 0 Å². The van der Waals surface area contributed by atoms with Crippen molar-refractivity contribution in [2.24, 2.45) is 0 Å². The van der Waals surface area contributed by atoms with Crippen molar-refractivity contribution in [2.75, 3.05) is 6.61 Å². The number of rotatable bonds is 8. The van der Waals surface area contributed by atoms with E-state index in [-0.39, 0.29) is 31.0 Å². The summed E-state index contributed by atoms with van der Waals surface area (Å²) in [4.78, 5) is 27.0. The van der Waals surface area contributed by atoms with Crippen LogP contribution in [0.2, 0.25) is 10.0 Å². The van der Waals surface area contributed by atoms with Crippen molar-refractivity contribution in [1.29, 1.82) is 0 Å². The first-order valence-electron chi connectivity index (χ1n) is 9.40. The molecule has 156 valence electrons. The van der Waals surface area contributed by atoms with Crippen LogP contribution in [0.1, 0.15) is 31.9 Å². The molecule has 1 atom stereocenters. The monoisotopic (exact) mass is 436 g/mol. The van der Waals surface area contributed by atoms with Gasteiger partial charge in [0, 0.05) is 12.6 Å². The van der Waals surface area contributed by atoms with Crippen LogP contribution in [0.4, 0.5) is 0 Å². The maximum absolute atomic E-state index is 13.0. The Labute approximate surface area is 181 Å². The molecule has 1 N–H and O–H groups in total. The number of hydrogen-bond donors (Lipinski definition) is 1. The Morgan fingerprint density at radius 1 is 1.07 bits per heavy atom. The van der Waals surface area contributed by atoms with E-state index in [1.807, 2.05) is 39.0 Å². The van der Waals surface area contributed by atoms with Crippen LogP contribution in [0, 0.1) is 6.92 Å². The number of ether oxygens (including phenoxy) is 1. The fraction of sp³-hybridized carbons (Fsp3) is 0.364. The topological polar surface area (TPSA) is 58.6 Å². The van der Waals surface area contributed by atoms with Crippen LogP contribution in [0.5, 0.6) is 5.75 Å². The lowest BCUT2D eigenvalue weighted by Crippen LogP contribution is -2.50. The van der Waals surface area contributed by atoms with Crippen molar-refractivity contribution in [3.63, 3.8) is 0 Å². The molecule has 2 aromatic rings. The molecule has 1 unspecified atom stereocenters. The molecule has 0 saturated carbocycles. The number of carbonyl (C=O) groups is 2. The summed E-state index contributed by atoms with van der Waals surface area (Å²) in [5, 5.41) is 3.67. The molecule has 0 heterocycles. The summed E-state index contributed by atoms with van der Waals surface area (Å²) in [6, 6.07) is 11.9. The van der Waals surface area contributed by atoms with Gasteiger partial charge in [-0.05, 0) is 63.1 Å². The van der Waals surface area contributed by atoms with E-state index in [9.17, 15) is 9.59 Å². The maximum atomic E-state index is 13.0. The zero-order valence-electron chi connectivity index (χ0n) is 17.0. The third-order valence-electron chi connectivity index (χ3n) is 4.29. The second kappa shape index (κ2) is 10.5. The predicted molar refractivity (Wildman–Crippen MR) is 116 cm³/mol. The maximum Gasteiger partial charge on any atom is 0.261 e. The van der Waals surface area contributed by atoms with E-state index in [1.54, 1.807) is 31.2 Å². The summed E-state index contributed by atoms with van der Waals surface area (Å²) < 4.78 is 5.65. The lowest BCUT2D eigenvalue weighted by molar-refractivity contribution is -0.142. The van der Waals surface area contributed by atoms with Crippen LogP contribution in [0.25, 0.3) is 0 Å². The quantitative estimate of drug-likeness (QED) is 0.656. The summed E-state index contributed by atoms with van der Waals surface area (Å²) in [6.07, 6.45) is 0. The van der Waals surface area contributed by atoms with Gasteiger partial charge < -0.3 is 15.0 Å². The van der Waals surface area contributed by atoms with Crippen LogP contribution >= 0.6 is 23.2 Å². The van der Waals surface area contributed by atoms with Crippen molar-refractivity contribution < 1.29 is 14.3 Å². The number of carbonyl (C=O) groups excluding carboxylic acids is 2. The van der Waals surface area contributed by atoms with E-state index in [0.717, 1.165) is 11.1 Å². The SMILES string of the molecule is Cc1cccc(OCC(=O)N(Cc2ccc(Cl)c(Cl)c2)C(C)C(=O)NC(C)C)c1. The summed E-state index contributed by atoms with van der Waals surface area (Å²) in [5.74, 6) is 0.0695. The minimum Gasteiger partial charge on any atom is -0.484 e. The zero-order chi connectivity index (χ0) is 21.6. The van der Waals surface area contributed by atoms with Gasteiger partial charge in [0.15, 0.2) is 6.61 Å². The van der Waals surface area contributed by atoms with Gasteiger partial charge in [0.2, 0.25) is 5.91 Å². The smallest absolute Gasteiger partial charge is 0.261 e. The molecule has 0 spiro atoms.